The molecule has 2 rings (SSSR count). The molecule has 0 atom stereocenters. The van der Waals surface area contributed by atoms with E-state index in [-0.39, 0.29) is 29.2 Å². The standard InChI is InChI=1S/C17H23N3O3S2/c1-4-17(2,3)15-19-20-16(24-15)18-14(21)10-11-25(22,23)12-13-8-6-5-7-9-13/h5-9H,4,10-12H2,1-3H3,(H,18,20,21). The number of rotatable bonds is 8. The first-order valence-corrected chi connectivity index (χ1v) is 10.7. The molecule has 136 valence electrons. The Kier molecular flexibility index (Phi) is 6.29. The monoisotopic (exact) mass is 381 g/mol. The van der Waals surface area contributed by atoms with Crippen LogP contribution < -0.4 is 5.32 Å². The minimum absolute atomic E-state index is 0.0607. The number of aromatic nitrogens is 2. The summed E-state index contributed by atoms with van der Waals surface area (Å²) < 4.78 is 24.3. The van der Waals surface area contributed by atoms with Gasteiger partial charge in [-0.15, -0.1) is 10.2 Å². The van der Waals surface area contributed by atoms with Crippen LogP contribution in [0.25, 0.3) is 0 Å². The van der Waals surface area contributed by atoms with Crippen molar-refractivity contribution in [2.75, 3.05) is 11.1 Å². The Morgan fingerprint density at radius 2 is 1.88 bits per heavy atom. The fourth-order valence-electron chi connectivity index (χ4n) is 2.03. The minimum atomic E-state index is -3.34. The van der Waals surface area contributed by atoms with E-state index in [1.807, 2.05) is 6.07 Å². The second kappa shape index (κ2) is 8.05. The molecule has 1 heterocycles. The van der Waals surface area contributed by atoms with Crippen molar-refractivity contribution in [2.45, 2.75) is 44.8 Å². The summed E-state index contributed by atoms with van der Waals surface area (Å²) in [6.07, 6.45) is 0.814. The Hall–Kier alpha value is -1.80. The number of amides is 1. The van der Waals surface area contributed by atoms with Crippen LogP contribution in [-0.2, 0) is 25.8 Å². The lowest BCUT2D eigenvalue weighted by Crippen LogP contribution is -2.18. The van der Waals surface area contributed by atoms with Crippen molar-refractivity contribution >= 4 is 32.2 Å². The number of hydrogen-bond donors (Lipinski definition) is 1. The van der Waals surface area contributed by atoms with E-state index in [9.17, 15) is 13.2 Å². The molecule has 1 aromatic carbocycles. The largest absolute Gasteiger partial charge is 0.301 e. The smallest absolute Gasteiger partial charge is 0.227 e. The van der Waals surface area contributed by atoms with E-state index in [0.717, 1.165) is 17.0 Å². The summed E-state index contributed by atoms with van der Waals surface area (Å²) in [6, 6.07) is 8.94. The van der Waals surface area contributed by atoms with Crippen LogP contribution in [0, 0.1) is 0 Å². The van der Waals surface area contributed by atoms with E-state index in [2.05, 4.69) is 36.3 Å². The van der Waals surface area contributed by atoms with Crippen LogP contribution in [0.15, 0.2) is 30.3 Å². The number of anilines is 1. The van der Waals surface area contributed by atoms with E-state index >= 15 is 0 Å². The van der Waals surface area contributed by atoms with Gasteiger partial charge in [-0.3, -0.25) is 4.79 Å². The molecule has 0 saturated heterocycles. The molecule has 1 amide bonds. The molecule has 2 aromatic rings. The van der Waals surface area contributed by atoms with Gasteiger partial charge in [0.2, 0.25) is 11.0 Å². The highest BCUT2D eigenvalue weighted by atomic mass is 32.2. The molecule has 0 aliphatic rings. The number of sulfone groups is 1. The zero-order valence-corrected chi connectivity index (χ0v) is 16.3. The summed E-state index contributed by atoms with van der Waals surface area (Å²) in [5.74, 6) is -0.622. The molecular weight excluding hydrogens is 358 g/mol. The summed E-state index contributed by atoms with van der Waals surface area (Å²) >= 11 is 1.33. The molecule has 0 bridgehead atoms. The Bertz CT molecular complexity index is 815. The van der Waals surface area contributed by atoms with Crippen molar-refractivity contribution in [1.29, 1.82) is 0 Å². The summed E-state index contributed by atoms with van der Waals surface area (Å²) in [5.41, 5.74) is 0.623. The van der Waals surface area contributed by atoms with Gasteiger partial charge in [0, 0.05) is 11.8 Å². The van der Waals surface area contributed by atoms with Gasteiger partial charge in [-0.2, -0.15) is 0 Å². The molecule has 0 aliphatic carbocycles. The van der Waals surface area contributed by atoms with E-state index in [1.165, 1.54) is 11.3 Å². The van der Waals surface area contributed by atoms with E-state index in [4.69, 9.17) is 0 Å². The number of nitrogens with zero attached hydrogens (tertiary/aromatic N) is 2. The second-order valence-electron chi connectivity index (χ2n) is 6.53. The van der Waals surface area contributed by atoms with Gasteiger partial charge in [-0.05, 0) is 12.0 Å². The van der Waals surface area contributed by atoms with Crippen molar-refractivity contribution in [3.63, 3.8) is 0 Å². The predicted octanol–water partition coefficient (Wildman–Crippen LogP) is 3.17. The summed E-state index contributed by atoms with van der Waals surface area (Å²) in [5, 5.41) is 12.0. The summed E-state index contributed by atoms with van der Waals surface area (Å²) in [4.78, 5) is 12.0. The SMILES string of the molecule is CCC(C)(C)c1nnc(NC(=O)CCS(=O)(=O)Cc2ccccc2)s1. The number of benzene rings is 1. The van der Waals surface area contributed by atoms with Gasteiger partial charge >= 0.3 is 0 Å². The van der Waals surface area contributed by atoms with Gasteiger partial charge in [-0.25, -0.2) is 8.42 Å². The van der Waals surface area contributed by atoms with Crippen LogP contribution in [0.1, 0.15) is 44.2 Å². The van der Waals surface area contributed by atoms with Crippen LogP contribution in [0.3, 0.4) is 0 Å². The first-order chi connectivity index (χ1) is 11.7. The molecule has 6 nitrogen and oxygen atoms in total. The molecule has 0 fully saturated rings. The minimum Gasteiger partial charge on any atom is -0.301 e. The molecule has 0 unspecified atom stereocenters. The third kappa shape index (κ3) is 5.89. The average molecular weight is 382 g/mol. The molecule has 0 aliphatic heterocycles. The van der Waals surface area contributed by atoms with Gasteiger partial charge in [0.25, 0.3) is 0 Å². The lowest BCUT2D eigenvalue weighted by atomic mass is 9.91. The Morgan fingerprint density at radius 1 is 1.20 bits per heavy atom. The normalized spacial score (nSPS) is 12.1. The lowest BCUT2D eigenvalue weighted by molar-refractivity contribution is -0.115. The molecule has 1 aromatic heterocycles. The fourth-order valence-corrected chi connectivity index (χ4v) is 4.30. The third-order valence-corrected chi connectivity index (χ3v) is 6.81. The van der Waals surface area contributed by atoms with Gasteiger partial charge in [0.15, 0.2) is 9.84 Å². The highest BCUT2D eigenvalue weighted by Gasteiger charge is 2.23. The number of hydrogen-bond acceptors (Lipinski definition) is 6. The zero-order chi connectivity index (χ0) is 18.5. The Balaban J connectivity index is 1.88. The molecule has 0 spiro atoms. The van der Waals surface area contributed by atoms with Crippen LogP contribution >= 0.6 is 11.3 Å². The molecule has 1 N–H and O–H groups in total. The third-order valence-electron chi connectivity index (χ3n) is 4.00. The lowest BCUT2D eigenvalue weighted by Gasteiger charge is -2.17. The van der Waals surface area contributed by atoms with Crippen LogP contribution in [0.5, 0.6) is 0 Å². The first kappa shape index (κ1) is 19.5. The summed E-state index contributed by atoms with van der Waals surface area (Å²) in [6.45, 7) is 6.20. The van der Waals surface area contributed by atoms with Crippen molar-refractivity contribution in [1.82, 2.24) is 10.2 Å². The quantitative estimate of drug-likeness (QED) is 0.759. The maximum absolute atomic E-state index is 12.1. The number of carbonyl (C=O) groups excluding carboxylic acids is 1. The van der Waals surface area contributed by atoms with Gasteiger partial charge in [0.05, 0.1) is 11.5 Å². The van der Waals surface area contributed by atoms with Crippen LogP contribution in [-0.4, -0.2) is 30.3 Å². The van der Waals surface area contributed by atoms with Crippen molar-refractivity contribution < 1.29 is 13.2 Å². The van der Waals surface area contributed by atoms with Crippen molar-refractivity contribution in [2.24, 2.45) is 0 Å². The maximum Gasteiger partial charge on any atom is 0.227 e. The van der Waals surface area contributed by atoms with E-state index in [0.29, 0.717) is 5.13 Å². The zero-order valence-electron chi connectivity index (χ0n) is 14.7. The summed E-state index contributed by atoms with van der Waals surface area (Å²) in [7, 11) is -3.34. The van der Waals surface area contributed by atoms with Crippen LogP contribution in [0.4, 0.5) is 5.13 Å². The van der Waals surface area contributed by atoms with E-state index in [1.54, 1.807) is 24.3 Å². The molecule has 0 radical (unpaired) electrons. The fraction of sp³-hybridized carbons (Fsp3) is 0.471. The topological polar surface area (TPSA) is 89.0 Å². The van der Waals surface area contributed by atoms with Crippen LogP contribution in [0.2, 0.25) is 0 Å². The van der Waals surface area contributed by atoms with Crippen molar-refractivity contribution in [3.05, 3.63) is 40.9 Å². The number of nitrogens with one attached hydrogen (secondary N) is 1. The molecule has 8 heteroatoms. The molecule has 0 saturated carbocycles. The van der Waals surface area contributed by atoms with Crippen molar-refractivity contribution in [3.8, 4) is 0 Å². The second-order valence-corrected chi connectivity index (χ2v) is 9.69. The first-order valence-electron chi connectivity index (χ1n) is 8.10. The highest BCUT2D eigenvalue weighted by molar-refractivity contribution is 7.90. The predicted molar refractivity (Wildman–Crippen MR) is 100 cm³/mol. The maximum atomic E-state index is 12.1. The van der Waals surface area contributed by atoms with Gasteiger partial charge < -0.3 is 5.32 Å². The molecular formula is C17H23N3O3S2. The molecule has 25 heavy (non-hydrogen) atoms. The average Bonchev–Trinajstić information content (AvgIpc) is 3.03. The number of carbonyl (C=O) groups is 1. The van der Waals surface area contributed by atoms with Gasteiger partial charge in [-0.1, -0.05) is 62.4 Å². The Morgan fingerprint density at radius 3 is 2.52 bits per heavy atom. The van der Waals surface area contributed by atoms with E-state index < -0.39 is 9.84 Å². The highest BCUT2D eigenvalue weighted by Crippen LogP contribution is 2.30. The Labute approximate surface area is 152 Å². The van der Waals surface area contributed by atoms with Gasteiger partial charge in [0.1, 0.15) is 5.01 Å².